The molecule has 2 N–H and O–H groups in total. The fourth-order valence-electron chi connectivity index (χ4n) is 2.98. The fourth-order valence-corrected chi connectivity index (χ4v) is 2.98. The number of hydrogen-bond acceptors (Lipinski definition) is 4. The van der Waals surface area contributed by atoms with Crippen molar-refractivity contribution >= 4 is 11.6 Å². The van der Waals surface area contributed by atoms with Gasteiger partial charge in [-0.15, -0.1) is 0 Å². The highest BCUT2D eigenvalue weighted by Crippen LogP contribution is 2.26. The summed E-state index contributed by atoms with van der Waals surface area (Å²) in [4.78, 5) is 13.6. The number of nitrogens with one attached hydrogen (secondary N) is 1. The summed E-state index contributed by atoms with van der Waals surface area (Å²) in [6, 6.07) is 5.82. The molecule has 5 nitrogen and oxygen atoms in total. The summed E-state index contributed by atoms with van der Waals surface area (Å²) < 4.78 is 5.80. The molecule has 0 spiro atoms. The molecule has 1 aromatic rings. The van der Waals surface area contributed by atoms with Crippen LogP contribution in [0.3, 0.4) is 0 Å². The van der Waals surface area contributed by atoms with Gasteiger partial charge in [-0.1, -0.05) is 0 Å². The van der Waals surface area contributed by atoms with Crippen molar-refractivity contribution in [1.82, 2.24) is 4.90 Å². The lowest BCUT2D eigenvalue weighted by molar-refractivity contribution is -0.116. The standard InChI is InChI=1S/C16H22N2O3/c19-13-2-1-7-18(11-13)8-9-21-14-4-5-15-12(10-14)3-6-16(20)17-15/h4-5,10,13,19H,1-3,6-9,11H2,(H,17,20). The quantitative estimate of drug-likeness (QED) is 0.880. The molecule has 0 aliphatic carbocycles. The third kappa shape index (κ3) is 3.74. The topological polar surface area (TPSA) is 61.8 Å². The minimum absolute atomic E-state index is 0.0832. The van der Waals surface area contributed by atoms with Crippen LogP contribution in [0, 0.1) is 0 Å². The second kappa shape index (κ2) is 6.45. The second-order valence-electron chi connectivity index (χ2n) is 5.81. The van der Waals surface area contributed by atoms with Gasteiger partial charge < -0.3 is 15.2 Å². The molecule has 0 aromatic heterocycles. The minimum Gasteiger partial charge on any atom is -0.492 e. The summed E-state index contributed by atoms with van der Waals surface area (Å²) in [6.07, 6.45) is 3.10. The molecule has 0 radical (unpaired) electrons. The van der Waals surface area contributed by atoms with Crippen molar-refractivity contribution in [2.24, 2.45) is 0 Å². The van der Waals surface area contributed by atoms with Crippen LogP contribution in [0.4, 0.5) is 5.69 Å². The molecule has 1 aromatic carbocycles. The van der Waals surface area contributed by atoms with E-state index in [4.69, 9.17) is 4.74 Å². The predicted octanol–water partition coefficient (Wildman–Crippen LogP) is 1.41. The lowest BCUT2D eigenvalue weighted by Gasteiger charge is -2.29. The van der Waals surface area contributed by atoms with Crippen molar-refractivity contribution in [3.05, 3.63) is 23.8 Å². The number of carbonyl (C=O) groups excluding carboxylic acids is 1. The first-order valence-electron chi connectivity index (χ1n) is 7.67. The average molecular weight is 290 g/mol. The van der Waals surface area contributed by atoms with Crippen LogP contribution in [0.15, 0.2) is 18.2 Å². The van der Waals surface area contributed by atoms with E-state index in [1.165, 1.54) is 0 Å². The molecule has 1 unspecified atom stereocenters. The summed E-state index contributed by atoms with van der Waals surface area (Å²) in [6.45, 7) is 3.25. The van der Waals surface area contributed by atoms with Gasteiger partial charge in [0.2, 0.25) is 5.91 Å². The number of nitrogens with zero attached hydrogens (tertiary/aromatic N) is 1. The van der Waals surface area contributed by atoms with Crippen LogP contribution in [0.25, 0.3) is 0 Å². The third-order valence-electron chi connectivity index (χ3n) is 4.13. The van der Waals surface area contributed by atoms with Crippen LogP contribution < -0.4 is 10.1 Å². The predicted molar refractivity (Wildman–Crippen MR) is 80.6 cm³/mol. The Balaban J connectivity index is 1.50. The number of likely N-dealkylation sites (tertiary alicyclic amines) is 1. The Hall–Kier alpha value is -1.59. The number of aliphatic hydroxyl groups is 1. The number of carbonyl (C=O) groups is 1. The lowest BCUT2D eigenvalue weighted by atomic mass is 10.0. The van der Waals surface area contributed by atoms with Crippen molar-refractivity contribution < 1.29 is 14.6 Å². The highest BCUT2D eigenvalue weighted by molar-refractivity contribution is 5.93. The van der Waals surface area contributed by atoms with E-state index in [1.54, 1.807) is 0 Å². The van der Waals surface area contributed by atoms with Crippen LogP contribution in [0.1, 0.15) is 24.8 Å². The number of aliphatic hydroxyl groups excluding tert-OH is 1. The Morgan fingerprint density at radius 3 is 3.14 bits per heavy atom. The number of fused-ring (bicyclic) bond motifs is 1. The zero-order chi connectivity index (χ0) is 14.7. The molecule has 2 aliphatic rings. The molecular weight excluding hydrogens is 268 g/mol. The van der Waals surface area contributed by atoms with Crippen LogP contribution >= 0.6 is 0 Å². The molecule has 0 saturated carbocycles. The van der Waals surface area contributed by atoms with Gasteiger partial charge in [0.05, 0.1) is 6.10 Å². The minimum atomic E-state index is -0.189. The van der Waals surface area contributed by atoms with Gasteiger partial charge in [0.25, 0.3) is 0 Å². The smallest absolute Gasteiger partial charge is 0.224 e. The van der Waals surface area contributed by atoms with E-state index in [0.717, 1.165) is 55.9 Å². The third-order valence-corrected chi connectivity index (χ3v) is 4.13. The SMILES string of the molecule is O=C1CCc2cc(OCCN3CCCC(O)C3)ccc2N1. The molecule has 21 heavy (non-hydrogen) atoms. The van der Waals surface area contributed by atoms with E-state index in [2.05, 4.69) is 10.2 Å². The van der Waals surface area contributed by atoms with Crippen molar-refractivity contribution in [3.63, 3.8) is 0 Å². The summed E-state index contributed by atoms with van der Waals surface area (Å²) in [5.41, 5.74) is 2.04. The number of amides is 1. The van der Waals surface area contributed by atoms with Gasteiger partial charge in [-0.3, -0.25) is 9.69 Å². The fraction of sp³-hybridized carbons (Fsp3) is 0.562. The van der Waals surface area contributed by atoms with Gasteiger partial charge in [0.15, 0.2) is 0 Å². The summed E-state index contributed by atoms with van der Waals surface area (Å²) in [7, 11) is 0. The highest BCUT2D eigenvalue weighted by atomic mass is 16.5. The molecule has 1 amide bonds. The zero-order valence-corrected chi connectivity index (χ0v) is 12.2. The highest BCUT2D eigenvalue weighted by Gasteiger charge is 2.18. The van der Waals surface area contributed by atoms with E-state index < -0.39 is 0 Å². The number of β-amino-alcohol motifs (C(OH)–C–C–N with tert-alkyl or cyclic N) is 1. The van der Waals surface area contributed by atoms with Crippen LogP contribution in [0.5, 0.6) is 5.75 Å². The maximum Gasteiger partial charge on any atom is 0.224 e. The molecule has 1 saturated heterocycles. The van der Waals surface area contributed by atoms with E-state index in [1.807, 2.05) is 18.2 Å². The first-order valence-corrected chi connectivity index (χ1v) is 7.67. The first kappa shape index (κ1) is 14.4. The molecule has 2 heterocycles. The van der Waals surface area contributed by atoms with E-state index >= 15 is 0 Å². The molecule has 1 fully saturated rings. The molecular formula is C16H22N2O3. The Bertz CT molecular complexity index is 518. The van der Waals surface area contributed by atoms with Crippen LogP contribution in [-0.4, -0.2) is 48.3 Å². The normalized spacial score (nSPS) is 22.5. The van der Waals surface area contributed by atoms with Gasteiger partial charge in [0.1, 0.15) is 12.4 Å². The van der Waals surface area contributed by atoms with Gasteiger partial charge in [-0.25, -0.2) is 0 Å². The number of anilines is 1. The monoisotopic (exact) mass is 290 g/mol. The van der Waals surface area contributed by atoms with Gasteiger partial charge in [-0.05, 0) is 49.6 Å². The summed E-state index contributed by atoms with van der Waals surface area (Å²) in [5.74, 6) is 0.933. The maximum absolute atomic E-state index is 11.3. The molecule has 114 valence electrons. The van der Waals surface area contributed by atoms with Crippen molar-refractivity contribution in [3.8, 4) is 5.75 Å². The summed E-state index contributed by atoms with van der Waals surface area (Å²) >= 11 is 0. The maximum atomic E-state index is 11.3. The van der Waals surface area contributed by atoms with E-state index in [9.17, 15) is 9.90 Å². The second-order valence-corrected chi connectivity index (χ2v) is 5.81. The number of benzene rings is 1. The van der Waals surface area contributed by atoms with Gasteiger partial charge in [-0.2, -0.15) is 0 Å². The zero-order valence-electron chi connectivity index (χ0n) is 12.2. The van der Waals surface area contributed by atoms with Crippen molar-refractivity contribution in [1.29, 1.82) is 0 Å². The average Bonchev–Trinajstić information content (AvgIpc) is 2.47. The number of aryl methyl sites for hydroxylation is 1. The number of hydrogen-bond donors (Lipinski definition) is 2. The van der Waals surface area contributed by atoms with Crippen molar-refractivity contribution in [2.75, 3.05) is 31.6 Å². The molecule has 5 heteroatoms. The Labute approximate surface area is 124 Å². The van der Waals surface area contributed by atoms with E-state index in [-0.39, 0.29) is 12.0 Å². The molecule has 3 rings (SSSR count). The Morgan fingerprint density at radius 2 is 2.29 bits per heavy atom. The molecule has 1 atom stereocenters. The molecule has 0 bridgehead atoms. The van der Waals surface area contributed by atoms with Gasteiger partial charge >= 0.3 is 0 Å². The van der Waals surface area contributed by atoms with E-state index in [0.29, 0.717) is 13.0 Å². The Kier molecular flexibility index (Phi) is 4.41. The summed E-state index contributed by atoms with van der Waals surface area (Å²) in [5, 5.41) is 12.5. The number of ether oxygens (including phenoxy) is 1. The number of piperidine rings is 1. The first-order chi connectivity index (χ1) is 10.2. The Morgan fingerprint density at radius 1 is 1.38 bits per heavy atom. The van der Waals surface area contributed by atoms with Gasteiger partial charge in [0, 0.05) is 25.2 Å². The van der Waals surface area contributed by atoms with Crippen LogP contribution in [-0.2, 0) is 11.2 Å². The van der Waals surface area contributed by atoms with Crippen LogP contribution in [0.2, 0.25) is 0 Å². The lowest BCUT2D eigenvalue weighted by Crippen LogP contribution is -2.40. The van der Waals surface area contributed by atoms with Crippen molar-refractivity contribution in [2.45, 2.75) is 31.8 Å². The molecule has 2 aliphatic heterocycles. The number of rotatable bonds is 4. The largest absolute Gasteiger partial charge is 0.492 e.